The van der Waals surface area contributed by atoms with Crippen molar-refractivity contribution in [2.24, 2.45) is 0 Å². The van der Waals surface area contributed by atoms with Crippen LogP contribution in [0.1, 0.15) is 0 Å². The third kappa shape index (κ3) is 5.37. The maximum atomic E-state index is 2.43. The molecule has 0 saturated carbocycles. The second-order valence-corrected chi connectivity index (χ2v) is 21.6. The van der Waals surface area contributed by atoms with Crippen molar-refractivity contribution in [3.05, 3.63) is 182 Å². The van der Waals surface area contributed by atoms with Crippen molar-refractivity contribution in [1.29, 1.82) is 0 Å². The highest BCUT2D eigenvalue weighted by molar-refractivity contribution is 8.34. The molecule has 3 aliphatic rings. The third-order valence-corrected chi connectivity index (χ3v) is 20.8. The van der Waals surface area contributed by atoms with Crippen molar-refractivity contribution in [3.8, 4) is 22.3 Å². The van der Waals surface area contributed by atoms with Crippen LogP contribution in [0, 0.1) is 0 Å². The maximum absolute atomic E-state index is 2.43. The first kappa shape index (κ1) is 33.2. The van der Waals surface area contributed by atoms with Gasteiger partial charge in [-0.25, -0.2) is 0 Å². The van der Waals surface area contributed by atoms with E-state index in [0.717, 1.165) is 0 Å². The lowest BCUT2D eigenvalue weighted by Crippen LogP contribution is -2.10. The number of hydrogen-bond donors (Lipinski definition) is 0. The second kappa shape index (κ2) is 13.6. The fourth-order valence-corrected chi connectivity index (χ4v) is 18.3. The molecule has 54 heavy (non-hydrogen) atoms. The first-order valence-corrected chi connectivity index (χ1v) is 23.5. The molecule has 3 aliphatic heterocycles. The predicted molar refractivity (Wildman–Crippen MR) is 231 cm³/mol. The molecule has 8 aromatic rings. The quantitative estimate of drug-likeness (QED) is 0.173. The number of benzene rings is 8. The van der Waals surface area contributed by atoms with Gasteiger partial charge in [0, 0.05) is 68.5 Å². The Morgan fingerprint density at radius 3 is 1.02 bits per heavy atom. The van der Waals surface area contributed by atoms with Crippen molar-refractivity contribution >= 4 is 68.8 Å². The number of fused-ring (bicyclic) bond motifs is 6. The molecule has 0 nitrogen and oxygen atoms in total. The van der Waals surface area contributed by atoms with E-state index < -0.39 is 10.0 Å². The summed E-state index contributed by atoms with van der Waals surface area (Å²) in [5.74, 6) is 0. The molecule has 0 unspecified atom stereocenters. The smallest absolute Gasteiger partial charge is 0.0340 e. The van der Waals surface area contributed by atoms with Crippen LogP contribution in [0.2, 0.25) is 0 Å². The highest BCUT2D eigenvalue weighted by Gasteiger charge is 2.40. The molecule has 0 bridgehead atoms. The van der Waals surface area contributed by atoms with Gasteiger partial charge < -0.3 is 0 Å². The second-order valence-electron chi connectivity index (χ2n) is 13.2. The van der Waals surface area contributed by atoms with E-state index in [1.807, 2.05) is 58.8 Å². The van der Waals surface area contributed by atoms with Crippen LogP contribution in [0.15, 0.2) is 251 Å². The zero-order chi connectivity index (χ0) is 35.6. The highest BCUT2D eigenvalue weighted by Crippen LogP contribution is 2.78. The SMILES string of the molecule is c1ccc2c(c1)Sc1cccc(-c3ccc(S4(c5ccc(-c6cccc7c6Sc6ccccc6S7)cc5)c5ccccc5Sc5ccccc54)cc3)c1S2. The molecule has 0 aromatic heterocycles. The Kier molecular flexibility index (Phi) is 8.34. The fourth-order valence-electron chi connectivity index (χ4n) is 7.69. The molecule has 0 amide bonds. The van der Waals surface area contributed by atoms with E-state index in [9.17, 15) is 0 Å². The van der Waals surface area contributed by atoms with E-state index in [1.165, 1.54) is 90.8 Å². The summed E-state index contributed by atoms with van der Waals surface area (Å²) in [7, 11) is -1.83. The van der Waals surface area contributed by atoms with Crippen LogP contribution in [0.3, 0.4) is 0 Å². The summed E-state index contributed by atoms with van der Waals surface area (Å²) in [6.45, 7) is 0. The standard InChI is InChI=1S/C48H30S6/c1-3-15-39-37(13-1)49-43-19-9-11-35(47(43)52-39)31-23-27-33(28-24-31)54(45-21-7-5-17-41(45)51-42-18-6-8-22-46(42)54)34-29-25-32(26-30-34)36-12-10-20-44-48(36)53-40-16-4-2-14-38(40)50-44/h1-30H. The number of rotatable bonds is 4. The van der Waals surface area contributed by atoms with Crippen LogP contribution >= 0.6 is 68.8 Å². The van der Waals surface area contributed by atoms with Crippen molar-refractivity contribution in [2.75, 3.05) is 0 Å². The number of hydrogen-bond acceptors (Lipinski definition) is 5. The molecule has 8 aromatic carbocycles. The lowest BCUT2D eigenvalue weighted by molar-refractivity contribution is 1.09. The molecular weight excluding hydrogens is 769 g/mol. The molecule has 0 spiro atoms. The van der Waals surface area contributed by atoms with Gasteiger partial charge in [0.15, 0.2) is 0 Å². The van der Waals surface area contributed by atoms with Crippen molar-refractivity contribution in [1.82, 2.24) is 0 Å². The van der Waals surface area contributed by atoms with Gasteiger partial charge >= 0.3 is 0 Å². The normalized spacial score (nSPS) is 15.0. The molecule has 0 radical (unpaired) electrons. The van der Waals surface area contributed by atoms with Crippen molar-refractivity contribution < 1.29 is 0 Å². The summed E-state index contributed by atoms with van der Waals surface area (Å²) >= 11 is 9.46. The van der Waals surface area contributed by atoms with Gasteiger partial charge in [-0.3, -0.25) is 0 Å². The minimum atomic E-state index is -1.83. The average molecular weight is 799 g/mol. The van der Waals surface area contributed by atoms with E-state index in [0.29, 0.717) is 0 Å². The van der Waals surface area contributed by atoms with Crippen LogP contribution in [-0.4, -0.2) is 0 Å². The Morgan fingerprint density at radius 1 is 0.259 bits per heavy atom. The van der Waals surface area contributed by atoms with E-state index in [2.05, 4.69) is 182 Å². The molecule has 0 saturated heterocycles. The lowest BCUT2D eigenvalue weighted by atomic mass is 10.1. The average Bonchev–Trinajstić information content (AvgIpc) is 3.24. The van der Waals surface area contributed by atoms with Gasteiger partial charge in [-0.1, -0.05) is 156 Å². The van der Waals surface area contributed by atoms with Crippen LogP contribution in [-0.2, 0) is 0 Å². The maximum Gasteiger partial charge on any atom is 0.0340 e. The summed E-state index contributed by atoms with van der Waals surface area (Å²) in [6, 6.07) is 68.4. The molecule has 11 rings (SSSR count). The minimum Gasteiger partial charge on any atom is -0.131 e. The van der Waals surface area contributed by atoms with Crippen LogP contribution < -0.4 is 0 Å². The van der Waals surface area contributed by atoms with Gasteiger partial charge in [-0.2, -0.15) is 0 Å². The van der Waals surface area contributed by atoms with E-state index >= 15 is 0 Å². The zero-order valence-corrected chi connectivity index (χ0v) is 33.7. The molecule has 258 valence electrons. The summed E-state index contributed by atoms with van der Waals surface area (Å²) in [4.78, 5) is 18.9. The third-order valence-electron chi connectivity index (χ3n) is 10.1. The van der Waals surface area contributed by atoms with Gasteiger partial charge in [0.1, 0.15) is 0 Å². The topological polar surface area (TPSA) is 0 Å². The Bertz CT molecular complexity index is 2560. The first-order valence-electron chi connectivity index (χ1n) is 17.8. The van der Waals surface area contributed by atoms with Gasteiger partial charge in [0.05, 0.1) is 0 Å². The van der Waals surface area contributed by atoms with E-state index in [-0.39, 0.29) is 0 Å². The van der Waals surface area contributed by atoms with Gasteiger partial charge in [0.2, 0.25) is 0 Å². The van der Waals surface area contributed by atoms with Gasteiger partial charge in [-0.05, 0) is 107 Å². The molecule has 6 heteroatoms. The summed E-state index contributed by atoms with van der Waals surface area (Å²) in [5.41, 5.74) is 5.10. The van der Waals surface area contributed by atoms with Crippen LogP contribution in [0.4, 0.5) is 0 Å². The van der Waals surface area contributed by atoms with Crippen LogP contribution in [0.25, 0.3) is 22.3 Å². The Hall–Kier alpha value is -4.14. The first-order chi connectivity index (χ1) is 26.7. The van der Waals surface area contributed by atoms with E-state index in [1.54, 1.807) is 0 Å². The predicted octanol–water partition coefficient (Wildman–Crippen LogP) is 16.1. The Morgan fingerprint density at radius 2 is 0.593 bits per heavy atom. The van der Waals surface area contributed by atoms with Crippen LogP contribution in [0.5, 0.6) is 0 Å². The van der Waals surface area contributed by atoms with E-state index in [4.69, 9.17) is 0 Å². The summed E-state index contributed by atoms with van der Waals surface area (Å²) in [6.07, 6.45) is 0. The zero-order valence-electron chi connectivity index (χ0n) is 28.8. The molecule has 0 aliphatic carbocycles. The molecule has 0 atom stereocenters. The van der Waals surface area contributed by atoms with Gasteiger partial charge in [-0.15, -0.1) is 10.0 Å². The highest BCUT2D eigenvalue weighted by atomic mass is 32.3. The summed E-state index contributed by atoms with van der Waals surface area (Å²) in [5, 5.41) is 0. The molecular formula is C48H30S6. The molecule has 0 N–H and O–H groups in total. The Labute approximate surface area is 338 Å². The molecule has 3 heterocycles. The largest absolute Gasteiger partial charge is 0.131 e. The summed E-state index contributed by atoms with van der Waals surface area (Å²) < 4.78 is 0. The van der Waals surface area contributed by atoms with Crippen molar-refractivity contribution in [2.45, 2.75) is 68.5 Å². The molecule has 0 fully saturated rings. The lowest BCUT2D eigenvalue weighted by Gasteiger charge is -2.46. The Balaban J connectivity index is 1.05. The van der Waals surface area contributed by atoms with Crippen molar-refractivity contribution in [3.63, 3.8) is 0 Å². The fraction of sp³-hybridized carbons (Fsp3) is 0. The minimum absolute atomic E-state index is 1.26. The monoisotopic (exact) mass is 798 g/mol. The van der Waals surface area contributed by atoms with Gasteiger partial charge in [0.25, 0.3) is 0 Å².